The maximum atomic E-state index is 13.7. The van der Waals surface area contributed by atoms with E-state index in [0.29, 0.717) is 14.9 Å². The van der Waals surface area contributed by atoms with E-state index < -0.39 is 11.8 Å². The number of hydrogen-bond donors (Lipinski definition) is 1. The fraction of sp³-hybridized carbons (Fsp3) is 0.0909. The van der Waals surface area contributed by atoms with Crippen molar-refractivity contribution in [3.05, 3.63) is 34.2 Å². The number of aromatic nitrogens is 1. The van der Waals surface area contributed by atoms with E-state index in [4.69, 9.17) is 5.11 Å². The topological polar surface area (TPSA) is 63.3 Å². The standard InChI is InChI=1S/C11H7BrFNO3S/c1-18-10-6(12)2-5(3-7(10)13)8-4-9(11(15)16)17-14-8/h2-4H,1H3,(H,15,16). The number of carbonyl (C=O) groups is 1. The molecule has 1 N–H and O–H groups in total. The second-order valence-corrected chi connectivity index (χ2v) is 5.03. The van der Waals surface area contributed by atoms with Crippen LogP contribution in [0.25, 0.3) is 11.3 Å². The van der Waals surface area contributed by atoms with Gasteiger partial charge in [-0.05, 0) is 34.3 Å². The molecule has 0 atom stereocenters. The van der Waals surface area contributed by atoms with Crippen LogP contribution in [0.15, 0.2) is 32.1 Å². The number of nitrogens with zero attached hydrogens (tertiary/aromatic N) is 1. The Balaban J connectivity index is 2.47. The molecule has 0 aliphatic heterocycles. The average Bonchev–Trinajstić information content (AvgIpc) is 2.77. The number of carboxylic acid groups (broad SMARTS) is 1. The Kier molecular flexibility index (Phi) is 3.72. The third-order valence-electron chi connectivity index (χ3n) is 2.22. The summed E-state index contributed by atoms with van der Waals surface area (Å²) in [6.07, 6.45) is 1.77. The SMILES string of the molecule is CSc1c(F)cc(-c2cc(C(=O)O)on2)cc1Br. The van der Waals surface area contributed by atoms with Crippen LogP contribution in [0.3, 0.4) is 0 Å². The second kappa shape index (κ2) is 5.11. The molecule has 0 saturated carbocycles. The van der Waals surface area contributed by atoms with Crippen LogP contribution in [0.2, 0.25) is 0 Å². The van der Waals surface area contributed by atoms with Gasteiger partial charge in [-0.2, -0.15) is 0 Å². The molecule has 0 amide bonds. The first-order chi connectivity index (χ1) is 8.52. The third kappa shape index (κ3) is 2.41. The second-order valence-electron chi connectivity index (χ2n) is 3.35. The number of rotatable bonds is 3. The minimum atomic E-state index is -1.21. The zero-order valence-corrected chi connectivity index (χ0v) is 11.5. The Morgan fingerprint density at radius 1 is 1.50 bits per heavy atom. The van der Waals surface area contributed by atoms with Crippen LogP contribution < -0.4 is 0 Å². The molecule has 1 heterocycles. The number of thioether (sulfide) groups is 1. The Morgan fingerprint density at radius 2 is 2.22 bits per heavy atom. The van der Waals surface area contributed by atoms with Gasteiger partial charge >= 0.3 is 5.97 Å². The molecule has 1 aromatic carbocycles. The van der Waals surface area contributed by atoms with Crippen LogP contribution in [0.5, 0.6) is 0 Å². The molecule has 0 spiro atoms. The summed E-state index contributed by atoms with van der Waals surface area (Å²) < 4.78 is 18.9. The quantitative estimate of drug-likeness (QED) is 0.869. The highest BCUT2D eigenvalue weighted by Crippen LogP contribution is 2.33. The normalized spacial score (nSPS) is 10.6. The van der Waals surface area contributed by atoms with Crippen molar-refractivity contribution in [2.45, 2.75) is 4.90 Å². The Labute approximate surface area is 114 Å². The van der Waals surface area contributed by atoms with Crippen LogP contribution in [0.1, 0.15) is 10.6 Å². The van der Waals surface area contributed by atoms with Gasteiger partial charge in [-0.1, -0.05) is 5.16 Å². The first kappa shape index (κ1) is 13.1. The lowest BCUT2D eigenvalue weighted by molar-refractivity contribution is 0.0652. The highest BCUT2D eigenvalue weighted by Gasteiger charge is 2.15. The van der Waals surface area contributed by atoms with Crippen LogP contribution in [-0.2, 0) is 0 Å². The lowest BCUT2D eigenvalue weighted by atomic mass is 10.1. The van der Waals surface area contributed by atoms with E-state index in [1.165, 1.54) is 23.9 Å². The van der Waals surface area contributed by atoms with Crippen LogP contribution >= 0.6 is 27.7 Å². The van der Waals surface area contributed by atoms with Gasteiger partial charge < -0.3 is 9.63 Å². The van der Waals surface area contributed by atoms with Crippen molar-refractivity contribution in [1.82, 2.24) is 5.16 Å². The van der Waals surface area contributed by atoms with E-state index in [1.54, 1.807) is 12.3 Å². The zero-order chi connectivity index (χ0) is 13.3. The Morgan fingerprint density at radius 3 is 2.72 bits per heavy atom. The molecule has 4 nitrogen and oxygen atoms in total. The maximum Gasteiger partial charge on any atom is 0.374 e. The molecule has 94 valence electrons. The average molecular weight is 332 g/mol. The minimum Gasteiger partial charge on any atom is -0.475 e. The molecule has 18 heavy (non-hydrogen) atoms. The smallest absolute Gasteiger partial charge is 0.374 e. The van der Waals surface area contributed by atoms with E-state index >= 15 is 0 Å². The predicted molar refractivity (Wildman–Crippen MR) is 68.3 cm³/mol. The monoisotopic (exact) mass is 331 g/mol. The number of carboxylic acids is 1. The van der Waals surface area contributed by atoms with Crippen molar-refractivity contribution in [2.24, 2.45) is 0 Å². The minimum absolute atomic E-state index is 0.277. The number of benzene rings is 1. The van der Waals surface area contributed by atoms with Crippen LogP contribution in [-0.4, -0.2) is 22.5 Å². The van der Waals surface area contributed by atoms with Crippen molar-refractivity contribution in [3.63, 3.8) is 0 Å². The van der Waals surface area contributed by atoms with Gasteiger partial charge in [-0.3, -0.25) is 0 Å². The first-order valence-corrected chi connectivity index (χ1v) is 6.78. The molecule has 0 bridgehead atoms. The Bertz CT molecular complexity index is 591. The maximum absolute atomic E-state index is 13.7. The van der Waals surface area contributed by atoms with Crippen LogP contribution in [0.4, 0.5) is 4.39 Å². The number of hydrogen-bond acceptors (Lipinski definition) is 4. The van der Waals surface area contributed by atoms with E-state index in [2.05, 4.69) is 25.6 Å². The van der Waals surface area contributed by atoms with E-state index in [1.807, 2.05) is 0 Å². The van der Waals surface area contributed by atoms with Gasteiger partial charge in [0.05, 0.1) is 4.90 Å². The molecule has 0 radical (unpaired) electrons. The summed E-state index contributed by atoms with van der Waals surface area (Å²) in [7, 11) is 0. The lowest BCUT2D eigenvalue weighted by Crippen LogP contribution is -1.91. The van der Waals surface area contributed by atoms with Crippen molar-refractivity contribution in [1.29, 1.82) is 0 Å². The van der Waals surface area contributed by atoms with Gasteiger partial charge in [0.2, 0.25) is 5.76 Å². The molecule has 0 unspecified atom stereocenters. The predicted octanol–water partition coefficient (Wildman–Crippen LogP) is 3.66. The van der Waals surface area contributed by atoms with Crippen LogP contribution in [0, 0.1) is 5.82 Å². The van der Waals surface area contributed by atoms with Gasteiger partial charge in [0.25, 0.3) is 0 Å². The van der Waals surface area contributed by atoms with E-state index in [-0.39, 0.29) is 11.5 Å². The van der Waals surface area contributed by atoms with Crippen molar-refractivity contribution in [2.75, 3.05) is 6.26 Å². The molecule has 2 aromatic rings. The first-order valence-electron chi connectivity index (χ1n) is 4.76. The largest absolute Gasteiger partial charge is 0.475 e. The molecule has 0 aliphatic rings. The summed E-state index contributed by atoms with van der Waals surface area (Å²) in [5.74, 6) is -1.89. The van der Waals surface area contributed by atoms with Gasteiger partial charge in [-0.15, -0.1) is 11.8 Å². The molecule has 0 fully saturated rings. The molecule has 1 aromatic heterocycles. The lowest BCUT2D eigenvalue weighted by Gasteiger charge is -2.04. The fourth-order valence-corrected chi connectivity index (χ4v) is 2.84. The highest BCUT2D eigenvalue weighted by molar-refractivity contribution is 9.10. The van der Waals surface area contributed by atoms with Crippen molar-refractivity contribution < 1.29 is 18.8 Å². The summed E-state index contributed by atoms with van der Waals surface area (Å²) in [5.41, 5.74) is 0.730. The van der Waals surface area contributed by atoms with Gasteiger partial charge in [0.15, 0.2) is 0 Å². The summed E-state index contributed by atoms with van der Waals surface area (Å²) in [5, 5.41) is 12.3. The van der Waals surface area contributed by atoms with Crippen molar-refractivity contribution in [3.8, 4) is 11.3 Å². The van der Waals surface area contributed by atoms with Gasteiger partial charge in [0.1, 0.15) is 11.5 Å². The number of aromatic carboxylic acids is 1. The zero-order valence-electron chi connectivity index (χ0n) is 9.11. The molecule has 7 heteroatoms. The molecular weight excluding hydrogens is 325 g/mol. The highest BCUT2D eigenvalue weighted by atomic mass is 79.9. The van der Waals surface area contributed by atoms with E-state index in [0.717, 1.165) is 0 Å². The van der Waals surface area contributed by atoms with Gasteiger partial charge in [-0.25, -0.2) is 9.18 Å². The fourth-order valence-electron chi connectivity index (χ4n) is 1.41. The summed E-state index contributed by atoms with van der Waals surface area (Å²) in [6.45, 7) is 0. The summed E-state index contributed by atoms with van der Waals surface area (Å²) in [6, 6.07) is 4.21. The Hall–Kier alpha value is -1.34. The third-order valence-corrected chi connectivity index (χ3v) is 3.93. The number of halogens is 2. The van der Waals surface area contributed by atoms with Gasteiger partial charge in [0, 0.05) is 16.1 Å². The molecule has 0 saturated heterocycles. The summed E-state index contributed by atoms with van der Waals surface area (Å²) >= 11 is 4.53. The van der Waals surface area contributed by atoms with Crippen molar-refractivity contribution >= 4 is 33.7 Å². The molecule has 2 rings (SSSR count). The molecular formula is C11H7BrFNO3S. The summed E-state index contributed by atoms with van der Waals surface area (Å²) in [4.78, 5) is 11.1. The molecule has 0 aliphatic carbocycles. The van der Waals surface area contributed by atoms with E-state index in [9.17, 15) is 9.18 Å².